The van der Waals surface area contributed by atoms with Gasteiger partial charge in [-0.1, -0.05) is 20.3 Å². The largest absolute Gasteiger partial charge is 0.493 e. The number of aryl methyl sites for hydroxylation is 2. The van der Waals surface area contributed by atoms with Crippen LogP contribution in [0, 0.1) is 0 Å². The van der Waals surface area contributed by atoms with Crippen molar-refractivity contribution in [3.8, 4) is 17.0 Å². The van der Waals surface area contributed by atoms with E-state index in [2.05, 4.69) is 17.0 Å². The van der Waals surface area contributed by atoms with Crippen molar-refractivity contribution in [2.75, 3.05) is 40.8 Å². The Labute approximate surface area is 201 Å². The van der Waals surface area contributed by atoms with Crippen LogP contribution in [0.25, 0.3) is 22.2 Å². The highest BCUT2D eigenvalue weighted by atomic mass is 32.2. The third kappa shape index (κ3) is 5.34. The maximum absolute atomic E-state index is 13.3. The Morgan fingerprint density at radius 2 is 1.82 bits per heavy atom. The molecule has 0 spiro atoms. The van der Waals surface area contributed by atoms with Crippen LogP contribution in [0.4, 0.5) is 0 Å². The van der Waals surface area contributed by atoms with E-state index in [0.29, 0.717) is 42.2 Å². The van der Waals surface area contributed by atoms with Crippen LogP contribution in [-0.4, -0.2) is 73.2 Å². The zero-order chi connectivity index (χ0) is 25.0. The van der Waals surface area contributed by atoms with E-state index in [4.69, 9.17) is 4.74 Å². The molecule has 3 rings (SSSR count). The number of nitrogens with zero attached hydrogens (tertiary/aromatic N) is 4. The third-order valence-corrected chi connectivity index (χ3v) is 7.53. The van der Waals surface area contributed by atoms with E-state index >= 15 is 0 Å². The molecular formula is C24H35N5O4S. The molecule has 0 amide bonds. The first-order valence-electron chi connectivity index (χ1n) is 11.6. The van der Waals surface area contributed by atoms with Crippen molar-refractivity contribution in [1.82, 2.24) is 24.0 Å². The van der Waals surface area contributed by atoms with Crippen LogP contribution in [0.15, 0.2) is 34.0 Å². The molecule has 2 aromatic heterocycles. The van der Waals surface area contributed by atoms with Gasteiger partial charge >= 0.3 is 0 Å². The van der Waals surface area contributed by atoms with Crippen molar-refractivity contribution in [2.24, 2.45) is 7.05 Å². The molecule has 0 atom stereocenters. The van der Waals surface area contributed by atoms with Gasteiger partial charge in [-0.15, -0.1) is 0 Å². The monoisotopic (exact) mass is 489 g/mol. The second-order valence-electron chi connectivity index (χ2n) is 8.73. The standard InChI is InChI=1S/C24H35N5O4S/c1-7-9-20-19-16-21(25-24(30)23(19)29(6)26-20)18-15-17(10-11-22(18)33-14-8-2)34(31,32)28(5)13-12-27(3)4/h10-11,15-16H,7-9,12-14H2,1-6H3,(H,25,30). The number of pyridine rings is 1. The zero-order valence-electron chi connectivity index (χ0n) is 20.9. The minimum atomic E-state index is -3.73. The number of hydrogen-bond donors (Lipinski definition) is 1. The van der Waals surface area contributed by atoms with Gasteiger partial charge in [-0.3, -0.25) is 9.48 Å². The highest BCUT2D eigenvalue weighted by Crippen LogP contribution is 2.33. The Balaban J connectivity index is 2.17. The number of nitrogens with one attached hydrogen (secondary N) is 1. The molecule has 0 saturated carbocycles. The lowest BCUT2D eigenvalue weighted by molar-refractivity contribution is 0.318. The summed E-state index contributed by atoms with van der Waals surface area (Å²) in [4.78, 5) is 18.0. The van der Waals surface area contributed by atoms with E-state index in [-0.39, 0.29) is 10.5 Å². The molecule has 0 fully saturated rings. The predicted molar refractivity (Wildman–Crippen MR) is 135 cm³/mol. The van der Waals surface area contributed by atoms with E-state index in [0.717, 1.165) is 30.3 Å². The van der Waals surface area contributed by atoms with Gasteiger partial charge in [0.25, 0.3) is 5.56 Å². The van der Waals surface area contributed by atoms with Gasteiger partial charge in [-0.25, -0.2) is 8.42 Å². The van der Waals surface area contributed by atoms with E-state index in [1.165, 1.54) is 4.31 Å². The van der Waals surface area contributed by atoms with E-state index < -0.39 is 10.0 Å². The molecule has 3 aromatic rings. The van der Waals surface area contributed by atoms with Gasteiger partial charge in [-0.2, -0.15) is 9.40 Å². The maximum atomic E-state index is 13.3. The summed E-state index contributed by atoms with van der Waals surface area (Å²) in [6.45, 7) is 5.50. The molecule has 0 saturated heterocycles. The highest BCUT2D eigenvalue weighted by Gasteiger charge is 2.23. The molecule has 0 aliphatic carbocycles. The number of aromatic amines is 1. The molecule has 10 heteroatoms. The fourth-order valence-corrected chi connectivity index (χ4v) is 4.99. The van der Waals surface area contributed by atoms with E-state index in [1.54, 1.807) is 37.0 Å². The fraction of sp³-hybridized carbons (Fsp3) is 0.500. The lowest BCUT2D eigenvalue weighted by atomic mass is 10.1. The van der Waals surface area contributed by atoms with Crippen molar-refractivity contribution in [1.29, 1.82) is 0 Å². The molecule has 0 radical (unpaired) electrons. The molecule has 0 unspecified atom stereocenters. The summed E-state index contributed by atoms with van der Waals surface area (Å²) in [5.41, 5.74) is 2.09. The number of rotatable bonds is 11. The number of fused-ring (bicyclic) bond motifs is 1. The smallest absolute Gasteiger partial charge is 0.274 e. The number of ether oxygens (including phenoxy) is 1. The fourth-order valence-electron chi connectivity index (χ4n) is 3.80. The first kappa shape index (κ1) is 25.9. The van der Waals surface area contributed by atoms with E-state index in [9.17, 15) is 13.2 Å². The molecule has 186 valence electrons. The van der Waals surface area contributed by atoms with E-state index in [1.807, 2.05) is 32.0 Å². The van der Waals surface area contributed by atoms with Crippen molar-refractivity contribution in [3.63, 3.8) is 0 Å². The van der Waals surface area contributed by atoms with Crippen LogP contribution >= 0.6 is 0 Å². The molecule has 9 nitrogen and oxygen atoms in total. The van der Waals surface area contributed by atoms with Gasteiger partial charge in [0.05, 0.1) is 22.9 Å². The number of hydrogen-bond acceptors (Lipinski definition) is 6. The number of aromatic nitrogens is 3. The highest BCUT2D eigenvalue weighted by molar-refractivity contribution is 7.89. The predicted octanol–water partition coefficient (Wildman–Crippen LogP) is 2.85. The Hall–Kier alpha value is -2.69. The summed E-state index contributed by atoms with van der Waals surface area (Å²) >= 11 is 0. The normalized spacial score (nSPS) is 12.2. The molecule has 0 aliphatic heterocycles. The average Bonchev–Trinajstić information content (AvgIpc) is 3.11. The van der Waals surface area contributed by atoms with Gasteiger partial charge in [0.1, 0.15) is 11.3 Å². The van der Waals surface area contributed by atoms with Gasteiger partial charge < -0.3 is 14.6 Å². The second-order valence-corrected chi connectivity index (χ2v) is 10.8. The summed E-state index contributed by atoms with van der Waals surface area (Å²) in [5.74, 6) is 0.521. The second kappa shape index (κ2) is 10.7. The number of likely N-dealkylation sites (N-methyl/N-ethyl adjacent to an activating group) is 2. The number of H-pyrrole nitrogens is 1. The molecule has 0 bridgehead atoms. The molecule has 2 heterocycles. The minimum absolute atomic E-state index is 0.147. The molecule has 0 aliphatic rings. The van der Waals surface area contributed by atoms with Crippen molar-refractivity contribution in [2.45, 2.75) is 38.0 Å². The summed E-state index contributed by atoms with van der Waals surface area (Å²) in [6.07, 6.45) is 2.43. The van der Waals surface area contributed by atoms with Crippen LogP contribution in [0.3, 0.4) is 0 Å². The van der Waals surface area contributed by atoms with Gasteiger partial charge in [-0.05, 0) is 51.2 Å². The zero-order valence-corrected chi connectivity index (χ0v) is 21.7. The molecular weight excluding hydrogens is 454 g/mol. The quantitative estimate of drug-likeness (QED) is 0.445. The van der Waals surface area contributed by atoms with Crippen molar-refractivity contribution in [3.05, 3.63) is 40.3 Å². The minimum Gasteiger partial charge on any atom is -0.493 e. The molecule has 34 heavy (non-hydrogen) atoms. The molecule has 1 aromatic carbocycles. The Morgan fingerprint density at radius 3 is 2.47 bits per heavy atom. The van der Waals surface area contributed by atoms with Crippen LogP contribution in [0.1, 0.15) is 32.4 Å². The lowest BCUT2D eigenvalue weighted by Gasteiger charge is -2.20. The SMILES string of the molecule is CCCOc1ccc(S(=O)(=O)N(C)CCN(C)C)cc1-c1cc2c(CCC)nn(C)c2c(=O)[nH]1. The summed E-state index contributed by atoms with van der Waals surface area (Å²) in [5, 5.41) is 5.29. The summed E-state index contributed by atoms with van der Waals surface area (Å²) in [6, 6.07) is 6.67. The van der Waals surface area contributed by atoms with Gasteiger partial charge in [0.15, 0.2) is 0 Å². The number of sulfonamides is 1. The van der Waals surface area contributed by atoms with Gasteiger partial charge in [0, 0.05) is 38.1 Å². The Morgan fingerprint density at radius 1 is 1.09 bits per heavy atom. The topological polar surface area (TPSA) is 101 Å². The lowest BCUT2D eigenvalue weighted by Crippen LogP contribution is -2.33. The summed E-state index contributed by atoms with van der Waals surface area (Å²) < 4.78 is 35.4. The maximum Gasteiger partial charge on any atom is 0.274 e. The number of benzene rings is 1. The van der Waals surface area contributed by atoms with Crippen LogP contribution in [0.2, 0.25) is 0 Å². The summed E-state index contributed by atoms with van der Waals surface area (Å²) in [7, 11) is 3.40. The van der Waals surface area contributed by atoms with Crippen LogP contribution in [0.5, 0.6) is 5.75 Å². The third-order valence-electron chi connectivity index (χ3n) is 5.67. The Bertz CT molecular complexity index is 1310. The van der Waals surface area contributed by atoms with Crippen molar-refractivity contribution >= 4 is 20.9 Å². The van der Waals surface area contributed by atoms with Gasteiger partial charge in [0.2, 0.25) is 10.0 Å². The van der Waals surface area contributed by atoms with Crippen LogP contribution in [-0.2, 0) is 23.5 Å². The Kier molecular flexibility index (Phi) is 8.17. The first-order valence-corrected chi connectivity index (χ1v) is 13.0. The molecule has 1 N–H and O–H groups in total. The average molecular weight is 490 g/mol. The first-order chi connectivity index (χ1) is 16.1. The van der Waals surface area contributed by atoms with Crippen molar-refractivity contribution < 1.29 is 13.2 Å². The van der Waals surface area contributed by atoms with Crippen LogP contribution < -0.4 is 10.3 Å².